The molecule has 0 bridgehead atoms. The number of sulfone groups is 1. The predicted octanol–water partition coefficient (Wildman–Crippen LogP) is 15.5. The Morgan fingerprint density at radius 3 is 0.620 bits per heavy atom. The van der Waals surface area contributed by atoms with Gasteiger partial charge in [0.05, 0.1) is 74.1 Å². The summed E-state index contributed by atoms with van der Waals surface area (Å²) in [5.41, 5.74) is -0.275. The summed E-state index contributed by atoms with van der Waals surface area (Å²) in [6.07, 6.45) is 45.7. The van der Waals surface area contributed by atoms with Gasteiger partial charge in [-0.15, -0.1) is 0 Å². The second-order valence-electron chi connectivity index (χ2n) is 21.1. The van der Waals surface area contributed by atoms with Gasteiger partial charge < -0.3 is 28.8 Å². The molecule has 0 aromatic heterocycles. The van der Waals surface area contributed by atoms with Gasteiger partial charge in [0, 0.05) is 0 Å². The lowest BCUT2D eigenvalue weighted by atomic mass is 10.1. The maximum absolute atomic E-state index is 12.3. The standard InChI is InChI=1S/2C24H52N.C14H10O6S/c2*1-5-9-13-17-21-25(22-18-14-10-6-2,23-19-15-11-7-3)24-20-16-12-8-4;15-13(16)9-1-5-11(6-2-9)21(19,20)12-7-3-10(4-8-12)14(17)18/h2*5-24H2,1-4H3;1-8H,(H,15,16)(H,17,18)/q2*+1;/p-2. The monoisotopic (exact) mass is 1010 g/mol. The van der Waals surface area contributed by atoms with E-state index in [1.165, 1.54) is 267 Å². The molecular weight excluding hydrogens is 901 g/mol. The van der Waals surface area contributed by atoms with Crippen molar-refractivity contribution in [1.82, 2.24) is 0 Å². The average molecular weight is 1010 g/mol. The summed E-state index contributed by atoms with van der Waals surface area (Å²) in [6.45, 7) is 30.4. The zero-order valence-electron chi connectivity index (χ0n) is 47.7. The Labute approximate surface area is 439 Å². The highest BCUT2D eigenvalue weighted by Gasteiger charge is 2.27. The van der Waals surface area contributed by atoms with Crippen LogP contribution in [0, 0.1) is 0 Å². The molecule has 0 saturated heterocycles. The molecular formula is C62H112N2O6S. The molecule has 0 aliphatic carbocycles. The third-order valence-electron chi connectivity index (χ3n) is 14.7. The van der Waals surface area contributed by atoms with Crippen molar-refractivity contribution in [1.29, 1.82) is 0 Å². The van der Waals surface area contributed by atoms with Crippen molar-refractivity contribution in [2.75, 3.05) is 52.4 Å². The fourth-order valence-corrected chi connectivity index (χ4v) is 11.3. The molecule has 0 fully saturated rings. The smallest absolute Gasteiger partial charge is 0.206 e. The minimum atomic E-state index is -3.85. The van der Waals surface area contributed by atoms with Crippen molar-refractivity contribution in [3.05, 3.63) is 59.7 Å². The van der Waals surface area contributed by atoms with Gasteiger partial charge in [-0.25, -0.2) is 8.42 Å². The fourth-order valence-electron chi connectivity index (χ4n) is 10.0. The Balaban J connectivity index is 0.00000104. The number of hydrogen-bond donors (Lipinski definition) is 0. The number of benzene rings is 2. The quantitative estimate of drug-likeness (QED) is 0.0482. The Hall–Kier alpha value is -2.75. The summed E-state index contributed by atoms with van der Waals surface area (Å²) in [7, 11) is -3.85. The van der Waals surface area contributed by atoms with Gasteiger partial charge in [0.1, 0.15) is 0 Å². The van der Waals surface area contributed by atoms with E-state index >= 15 is 0 Å². The van der Waals surface area contributed by atoms with E-state index in [4.69, 9.17) is 0 Å². The van der Waals surface area contributed by atoms with Gasteiger partial charge in [0.25, 0.3) is 0 Å². The van der Waals surface area contributed by atoms with Crippen LogP contribution in [0.3, 0.4) is 0 Å². The summed E-state index contributed by atoms with van der Waals surface area (Å²) in [5, 5.41) is 21.2. The molecule has 0 spiro atoms. The minimum Gasteiger partial charge on any atom is -0.545 e. The molecule has 0 unspecified atom stereocenters. The molecule has 9 heteroatoms. The SMILES string of the molecule is CCCCCC[N+](CCCCCC)(CCCCCC)CCCCCC.CCCCCC[N+](CCCCCC)(CCCCCC)CCCCCC.O=C([O-])c1ccc(S(=O)(=O)c2ccc(C(=O)[O-])cc2)cc1. The number of aromatic carboxylic acids is 2. The summed E-state index contributed by atoms with van der Waals surface area (Å²) >= 11 is 0. The Kier molecular flexibility index (Phi) is 43.0. The van der Waals surface area contributed by atoms with Crippen molar-refractivity contribution in [3.8, 4) is 0 Å². The van der Waals surface area contributed by atoms with Gasteiger partial charge in [0.2, 0.25) is 9.84 Å². The van der Waals surface area contributed by atoms with Crippen LogP contribution in [0.5, 0.6) is 0 Å². The molecule has 0 N–H and O–H groups in total. The number of carboxylic acids is 2. The highest BCUT2D eigenvalue weighted by atomic mass is 32.2. The van der Waals surface area contributed by atoms with Crippen LogP contribution in [0.15, 0.2) is 58.3 Å². The fraction of sp³-hybridized carbons (Fsp3) is 0.774. The molecule has 0 amide bonds. The average Bonchev–Trinajstić information content (AvgIpc) is 3.37. The van der Waals surface area contributed by atoms with Crippen LogP contribution in [0.1, 0.15) is 282 Å². The van der Waals surface area contributed by atoms with Crippen molar-refractivity contribution in [2.24, 2.45) is 0 Å². The van der Waals surface area contributed by atoms with Crippen LogP contribution < -0.4 is 10.2 Å². The molecule has 412 valence electrons. The van der Waals surface area contributed by atoms with Crippen LogP contribution in [0.4, 0.5) is 0 Å². The molecule has 0 aliphatic rings. The molecule has 71 heavy (non-hydrogen) atoms. The Morgan fingerprint density at radius 2 is 0.479 bits per heavy atom. The third kappa shape index (κ3) is 32.9. The van der Waals surface area contributed by atoms with E-state index in [0.717, 1.165) is 48.5 Å². The second-order valence-corrected chi connectivity index (χ2v) is 23.0. The number of hydrogen-bond acceptors (Lipinski definition) is 6. The van der Waals surface area contributed by atoms with E-state index < -0.39 is 21.8 Å². The van der Waals surface area contributed by atoms with E-state index in [1.54, 1.807) is 0 Å². The molecule has 2 rings (SSSR count). The summed E-state index contributed by atoms with van der Waals surface area (Å²) in [5.74, 6) is -2.81. The van der Waals surface area contributed by atoms with Crippen molar-refractivity contribution >= 4 is 21.8 Å². The number of carbonyl (C=O) groups is 2. The van der Waals surface area contributed by atoms with E-state index in [0.29, 0.717) is 0 Å². The number of quaternary nitrogens is 2. The number of unbranched alkanes of at least 4 members (excludes halogenated alkanes) is 24. The first-order valence-electron chi connectivity index (χ1n) is 29.9. The molecule has 2 aromatic carbocycles. The Morgan fingerprint density at radius 1 is 0.310 bits per heavy atom. The van der Waals surface area contributed by atoms with Gasteiger partial charge >= 0.3 is 0 Å². The molecule has 0 saturated carbocycles. The lowest BCUT2D eigenvalue weighted by Crippen LogP contribution is -2.50. The number of carbonyl (C=O) groups excluding carboxylic acids is 2. The largest absolute Gasteiger partial charge is 0.545 e. The molecule has 2 aromatic rings. The van der Waals surface area contributed by atoms with Gasteiger partial charge in [-0.05, 0) is 138 Å². The molecule has 0 heterocycles. The lowest BCUT2D eigenvalue weighted by Gasteiger charge is -2.39. The maximum Gasteiger partial charge on any atom is 0.206 e. The van der Waals surface area contributed by atoms with E-state index in [1.807, 2.05) is 0 Å². The van der Waals surface area contributed by atoms with Crippen LogP contribution in [-0.2, 0) is 9.84 Å². The van der Waals surface area contributed by atoms with Crippen molar-refractivity contribution in [3.63, 3.8) is 0 Å². The van der Waals surface area contributed by atoms with Gasteiger partial charge in [0.15, 0.2) is 0 Å². The summed E-state index contributed by atoms with van der Waals surface area (Å²) < 4.78 is 27.5. The third-order valence-corrected chi connectivity index (χ3v) is 16.5. The minimum absolute atomic E-state index is 0.103. The van der Waals surface area contributed by atoms with E-state index in [9.17, 15) is 28.2 Å². The zero-order chi connectivity index (χ0) is 52.9. The van der Waals surface area contributed by atoms with Crippen LogP contribution in [-0.4, -0.2) is 81.7 Å². The van der Waals surface area contributed by atoms with Crippen LogP contribution in [0.25, 0.3) is 0 Å². The lowest BCUT2D eigenvalue weighted by molar-refractivity contribution is -0.929. The number of carboxylic acid groups (broad SMARTS) is 2. The van der Waals surface area contributed by atoms with Gasteiger partial charge in [-0.1, -0.05) is 182 Å². The molecule has 0 radical (unpaired) electrons. The Bertz CT molecular complexity index is 1420. The summed E-state index contributed by atoms with van der Waals surface area (Å²) in [6, 6.07) is 9.07. The zero-order valence-corrected chi connectivity index (χ0v) is 48.5. The van der Waals surface area contributed by atoms with Crippen LogP contribution in [0.2, 0.25) is 0 Å². The first-order valence-corrected chi connectivity index (χ1v) is 31.4. The van der Waals surface area contributed by atoms with Gasteiger partial charge in [-0.2, -0.15) is 0 Å². The van der Waals surface area contributed by atoms with Gasteiger partial charge in [-0.3, -0.25) is 0 Å². The van der Waals surface area contributed by atoms with E-state index in [-0.39, 0.29) is 20.9 Å². The van der Waals surface area contributed by atoms with Crippen molar-refractivity contribution < 1.29 is 37.2 Å². The van der Waals surface area contributed by atoms with Crippen molar-refractivity contribution in [2.45, 2.75) is 271 Å². The topological polar surface area (TPSA) is 114 Å². The van der Waals surface area contributed by atoms with Crippen LogP contribution >= 0.6 is 0 Å². The first kappa shape index (κ1) is 68.2. The highest BCUT2D eigenvalue weighted by Crippen LogP contribution is 2.23. The first-order chi connectivity index (χ1) is 34.3. The predicted molar refractivity (Wildman–Crippen MR) is 300 cm³/mol. The normalized spacial score (nSPS) is 11.7. The summed E-state index contributed by atoms with van der Waals surface area (Å²) in [4.78, 5) is 21.0. The van der Waals surface area contributed by atoms with E-state index in [2.05, 4.69) is 55.4 Å². The molecule has 0 aliphatic heterocycles. The number of rotatable bonds is 44. The second kappa shape index (κ2) is 44.7. The number of nitrogens with zero attached hydrogens (tertiary/aromatic N) is 2. The molecule has 0 atom stereocenters. The maximum atomic E-state index is 12.3. The highest BCUT2D eigenvalue weighted by molar-refractivity contribution is 7.91. The molecule has 8 nitrogen and oxygen atoms in total.